The van der Waals surface area contributed by atoms with Crippen LogP contribution in [0, 0.1) is 0 Å². The van der Waals surface area contributed by atoms with Crippen LogP contribution in [0.5, 0.6) is 0 Å². The summed E-state index contributed by atoms with van der Waals surface area (Å²) in [4.78, 5) is 16.6. The molecule has 0 radical (unpaired) electrons. The summed E-state index contributed by atoms with van der Waals surface area (Å²) in [6.07, 6.45) is 5.26. The van der Waals surface area contributed by atoms with Crippen molar-refractivity contribution in [3.8, 4) is 0 Å². The van der Waals surface area contributed by atoms with Crippen LogP contribution in [0.3, 0.4) is 0 Å². The van der Waals surface area contributed by atoms with Crippen molar-refractivity contribution in [1.82, 2.24) is 14.6 Å². The number of aromatic nitrogens is 1. The van der Waals surface area contributed by atoms with Crippen LogP contribution >= 0.6 is 0 Å². The number of aryl methyl sites for hydroxylation is 1. The van der Waals surface area contributed by atoms with Crippen LogP contribution in [0.1, 0.15) is 35.6 Å². The van der Waals surface area contributed by atoms with Gasteiger partial charge in [-0.3, -0.25) is 4.79 Å². The third-order valence-electron chi connectivity index (χ3n) is 6.71. The zero-order chi connectivity index (χ0) is 24.3. The Labute approximate surface area is 206 Å². The van der Waals surface area contributed by atoms with Gasteiger partial charge in [0.05, 0.1) is 17.5 Å². The molecule has 0 spiro atoms. The van der Waals surface area contributed by atoms with E-state index < -0.39 is 10.0 Å². The molecule has 1 heterocycles. The van der Waals surface area contributed by atoms with Crippen LogP contribution in [0.4, 0.5) is 0 Å². The Balaban J connectivity index is 1.36. The maximum atomic E-state index is 13.5. The van der Waals surface area contributed by atoms with Crippen molar-refractivity contribution in [3.05, 3.63) is 102 Å². The number of aromatic amines is 1. The Hall–Kier alpha value is -3.42. The van der Waals surface area contributed by atoms with Gasteiger partial charge in [-0.2, -0.15) is 4.31 Å². The molecule has 1 unspecified atom stereocenters. The highest BCUT2D eigenvalue weighted by atomic mass is 32.2. The molecule has 0 saturated heterocycles. The Morgan fingerprint density at radius 3 is 2.57 bits per heavy atom. The number of carbonyl (C=O) groups is 1. The number of carbonyl (C=O) groups excluding carboxylic acids is 1. The number of sulfonamides is 1. The molecule has 0 aliphatic heterocycles. The van der Waals surface area contributed by atoms with Gasteiger partial charge < -0.3 is 10.3 Å². The van der Waals surface area contributed by atoms with Crippen LogP contribution in [0.25, 0.3) is 10.9 Å². The van der Waals surface area contributed by atoms with Crippen molar-refractivity contribution in [2.45, 2.75) is 36.6 Å². The Kier molecular flexibility index (Phi) is 6.70. The van der Waals surface area contributed by atoms with E-state index in [0.29, 0.717) is 6.42 Å². The molecule has 1 aliphatic rings. The highest BCUT2D eigenvalue weighted by Gasteiger charge is 2.28. The van der Waals surface area contributed by atoms with E-state index >= 15 is 0 Å². The smallest absolute Gasteiger partial charge is 0.243 e. The molecule has 35 heavy (non-hydrogen) atoms. The monoisotopic (exact) mass is 487 g/mol. The van der Waals surface area contributed by atoms with Crippen molar-refractivity contribution in [2.24, 2.45) is 0 Å². The molecular formula is C28H29N3O3S. The number of H-pyrrole nitrogens is 1. The topological polar surface area (TPSA) is 82.3 Å². The molecule has 0 saturated carbocycles. The summed E-state index contributed by atoms with van der Waals surface area (Å²) in [6, 6.07) is 24.3. The minimum atomic E-state index is -3.84. The van der Waals surface area contributed by atoms with E-state index in [1.807, 2.05) is 42.6 Å². The number of rotatable bonds is 8. The van der Waals surface area contributed by atoms with E-state index in [0.717, 1.165) is 41.3 Å². The number of fused-ring (bicyclic) bond motifs is 2. The summed E-state index contributed by atoms with van der Waals surface area (Å²) in [5.41, 5.74) is 4.41. The number of benzene rings is 3. The predicted octanol–water partition coefficient (Wildman–Crippen LogP) is 4.60. The van der Waals surface area contributed by atoms with Gasteiger partial charge in [0.1, 0.15) is 0 Å². The van der Waals surface area contributed by atoms with Gasteiger partial charge in [-0.1, -0.05) is 60.7 Å². The molecule has 1 aromatic heterocycles. The SMILES string of the molecule is O=C(CN(CCc1c[nH]c2ccccc12)S(=O)(=O)c1ccccc1)NC1CCCc2ccccc21. The first-order valence-corrected chi connectivity index (χ1v) is 13.4. The number of para-hydroxylation sites is 1. The van der Waals surface area contributed by atoms with Crippen LogP contribution in [-0.2, 0) is 27.7 Å². The van der Waals surface area contributed by atoms with Gasteiger partial charge in [0.15, 0.2) is 0 Å². The summed E-state index contributed by atoms with van der Waals surface area (Å²) in [5, 5.41) is 4.16. The predicted molar refractivity (Wildman–Crippen MR) is 137 cm³/mol. The van der Waals surface area contributed by atoms with Crippen LogP contribution < -0.4 is 5.32 Å². The van der Waals surface area contributed by atoms with Crippen molar-refractivity contribution in [1.29, 1.82) is 0 Å². The molecule has 1 amide bonds. The average molecular weight is 488 g/mol. The molecule has 4 aromatic rings. The van der Waals surface area contributed by atoms with Gasteiger partial charge in [0.25, 0.3) is 0 Å². The van der Waals surface area contributed by atoms with Crippen molar-refractivity contribution < 1.29 is 13.2 Å². The van der Waals surface area contributed by atoms with E-state index in [4.69, 9.17) is 0 Å². The lowest BCUT2D eigenvalue weighted by atomic mass is 9.88. The maximum absolute atomic E-state index is 13.5. The van der Waals surface area contributed by atoms with E-state index in [1.54, 1.807) is 30.3 Å². The lowest BCUT2D eigenvalue weighted by molar-refractivity contribution is -0.122. The standard InChI is InChI=1S/C28H29N3O3S/c32-28(30-27-16-8-10-21-9-4-5-13-24(21)27)20-31(35(33,34)23-11-2-1-3-12-23)18-17-22-19-29-26-15-7-6-14-25(22)26/h1-7,9,11-15,19,27,29H,8,10,16-18,20H2,(H,30,32). The van der Waals surface area contributed by atoms with Gasteiger partial charge in [-0.25, -0.2) is 8.42 Å². The fourth-order valence-electron chi connectivity index (χ4n) is 4.91. The molecule has 2 N–H and O–H groups in total. The van der Waals surface area contributed by atoms with E-state index in [1.165, 1.54) is 9.87 Å². The average Bonchev–Trinajstić information content (AvgIpc) is 3.30. The fourth-order valence-corrected chi connectivity index (χ4v) is 6.33. The lowest BCUT2D eigenvalue weighted by Crippen LogP contribution is -2.43. The minimum absolute atomic E-state index is 0.0950. The molecule has 1 aliphatic carbocycles. The Morgan fingerprint density at radius 2 is 1.71 bits per heavy atom. The summed E-state index contributed by atoms with van der Waals surface area (Å²) in [7, 11) is -3.84. The molecule has 0 bridgehead atoms. The first kappa shape index (κ1) is 23.3. The van der Waals surface area contributed by atoms with Gasteiger partial charge in [0, 0.05) is 23.6 Å². The quantitative estimate of drug-likeness (QED) is 0.381. The molecule has 7 heteroatoms. The molecule has 0 fully saturated rings. The number of hydrogen-bond donors (Lipinski definition) is 2. The number of nitrogens with zero attached hydrogens (tertiary/aromatic N) is 1. The summed E-state index contributed by atoms with van der Waals surface area (Å²) in [6.45, 7) is -0.0218. The minimum Gasteiger partial charge on any atom is -0.361 e. The molecule has 6 nitrogen and oxygen atoms in total. The number of hydrogen-bond acceptors (Lipinski definition) is 3. The second-order valence-corrected chi connectivity index (χ2v) is 10.9. The Morgan fingerprint density at radius 1 is 0.971 bits per heavy atom. The summed E-state index contributed by atoms with van der Waals surface area (Å²) in [5.74, 6) is -0.287. The van der Waals surface area contributed by atoms with Crippen LogP contribution in [-0.4, -0.2) is 36.7 Å². The first-order valence-electron chi connectivity index (χ1n) is 12.0. The first-order chi connectivity index (χ1) is 17.0. The second kappa shape index (κ2) is 10.1. The second-order valence-electron chi connectivity index (χ2n) is 8.97. The van der Waals surface area contributed by atoms with Crippen LogP contribution in [0.2, 0.25) is 0 Å². The highest BCUT2D eigenvalue weighted by molar-refractivity contribution is 7.89. The molecule has 1 atom stereocenters. The van der Waals surface area contributed by atoms with Gasteiger partial charge in [0.2, 0.25) is 15.9 Å². The van der Waals surface area contributed by atoms with Crippen molar-refractivity contribution in [2.75, 3.05) is 13.1 Å². The summed E-state index contributed by atoms with van der Waals surface area (Å²) < 4.78 is 28.3. The molecular weight excluding hydrogens is 458 g/mol. The van der Waals surface area contributed by atoms with E-state index in [2.05, 4.69) is 22.4 Å². The van der Waals surface area contributed by atoms with Crippen LogP contribution in [0.15, 0.2) is 90.0 Å². The number of amides is 1. The van der Waals surface area contributed by atoms with E-state index in [9.17, 15) is 13.2 Å². The third-order valence-corrected chi connectivity index (χ3v) is 8.57. The lowest BCUT2D eigenvalue weighted by Gasteiger charge is -2.28. The largest absolute Gasteiger partial charge is 0.361 e. The van der Waals surface area contributed by atoms with E-state index in [-0.39, 0.29) is 29.9 Å². The highest BCUT2D eigenvalue weighted by Crippen LogP contribution is 2.29. The molecule has 180 valence electrons. The fraction of sp³-hybridized carbons (Fsp3) is 0.250. The maximum Gasteiger partial charge on any atom is 0.243 e. The van der Waals surface area contributed by atoms with Crippen molar-refractivity contribution in [3.63, 3.8) is 0 Å². The Bertz CT molecular complexity index is 1430. The summed E-state index contributed by atoms with van der Waals surface area (Å²) >= 11 is 0. The molecule has 3 aromatic carbocycles. The third kappa shape index (κ3) is 5.01. The normalized spacial score (nSPS) is 15.7. The van der Waals surface area contributed by atoms with Crippen molar-refractivity contribution >= 4 is 26.8 Å². The van der Waals surface area contributed by atoms with Gasteiger partial charge >= 0.3 is 0 Å². The molecule has 5 rings (SSSR count). The number of nitrogens with one attached hydrogen (secondary N) is 2. The van der Waals surface area contributed by atoms with Gasteiger partial charge in [-0.15, -0.1) is 0 Å². The zero-order valence-corrected chi connectivity index (χ0v) is 20.3. The zero-order valence-electron chi connectivity index (χ0n) is 19.5. The van der Waals surface area contributed by atoms with Gasteiger partial charge in [-0.05, 0) is 60.6 Å².